The van der Waals surface area contributed by atoms with Gasteiger partial charge in [-0.2, -0.15) is 0 Å². The van der Waals surface area contributed by atoms with Crippen molar-refractivity contribution in [2.75, 3.05) is 43.2 Å². The van der Waals surface area contributed by atoms with E-state index in [1.54, 1.807) is 18.5 Å². The van der Waals surface area contributed by atoms with Gasteiger partial charge in [0.25, 0.3) is 15.9 Å². The van der Waals surface area contributed by atoms with Gasteiger partial charge in [0.15, 0.2) is 5.13 Å². The van der Waals surface area contributed by atoms with Gasteiger partial charge in [0.05, 0.1) is 24.5 Å². The molecule has 1 saturated heterocycles. The number of nitrogens with one attached hydrogen (secondary N) is 2. The molecular weight excluding hydrogens is 418 g/mol. The molecule has 2 aliphatic heterocycles. The lowest BCUT2D eigenvalue weighted by atomic mass is 10.2. The third kappa shape index (κ3) is 3.96. The highest BCUT2D eigenvalue weighted by molar-refractivity contribution is 7.89. The number of thiazole rings is 1. The summed E-state index contributed by atoms with van der Waals surface area (Å²) >= 11 is 1.31. The van der Waals surface area contributed by atoms with Crippen molar-refractivity contribution in [3.63, 3.8) is 0 Å². The number of amides is 2. The second-order valence-electron chi connectivity index (χ2n) is 6.59. The van der Waals surface area contributed by atoms with Crippen molar-refractivity contribution in [3.8, 4) is 0 Å². The van der Waals surface area contributed by atoms with Gasteiger partial charge in [-0.05, 0) is 23.8 Å². The van der Waals surface area contributed by atoms with Crippen LogP contribution in [0.3, 0.4) is 0 Å². The van der Waals surface area contributed by atoms with Crippen LogP contribution in [0.2, 0.25) is 0 Å². The van der Waals surface area contributed by atoms with Gasteiger partial charge in [-0.25, -0.2) is 13.4 Å². The lowest BCUT2D eigenvalue weighted by Crippen LogP contribution is -2.41. The zero-order valence-corrected chi connectivity index (χ0v) is 17.2. The number of nitrogens with zero attached hydrogens (tertiary/aromatic N) is 3. The second kappa shape index (κ2) is 7.71. The molecule has 0 aliphatic carbocycles. The zero-order chi connectivity index (χ0) is 20.6. The SMILES string of the molecule is CN1C(=O)Cc2cc(S(=O)(=O)NNC(=O)c3csc(N4CCOCC4)n3)ccc21. The fourth-order valence-corrected chi connectivity index (χ4v) is 4.87. The van der Waals surface area contributed by atoms with Gasteiger partial charge >= 0.3 is 0 Å². The second-order valence-corrected chi connectivity index (χ2v) is 9.11. The molecule has 1 fully saturated rings. The number of benzene rings is 1. The monoisotopic (exact) mass is 437 g/mol. The first-order valence-corrected chi connectivity index (χ1v) is 11.2. The van der Waals surface area contributed by atoms with Gasteiger partial charge in [0.2, 0.25) is 5.91 Å². The van der Waals surface area contributed by atoms with Crippen molar-refractivity contribution in [1.29, 1.82) is 0 Å². The van der Waals surface area contributed by atoms with E-state index in [9.17, 15) is 18.0 Å². The number of sulfonamides is 1. The molecule has 0 bridgehead atoms. The number of hydrazine groups is 1. The van der Waals surface area contributed by atoms with Gasteiger partial charge in [-0.15, -0.1) is 16.2 Å². The molecule has 2 N–H and O–H groups in total. The molecular formula is C17H19N5O5S2. The fourth-order valence-electron chi connectivity index (χ4n) is 3.12. The van der Waals surface area contributed by atoms with E-state index in [4.69, 9.17) is 4.74 Å². The molecule has 29 heavy (non-hydrogen) atoms. The van der Waals surface area contributed by atoms with Crippen LogP contribution >= 0.6 is 11.3 Å². The van der Waals surface area contributed by atoms with Crippen LogP contribution in [0.25, 0.3) is 0 Å². The number of carbonyl (C=O) groups is 2. The Labute approximate surface area is 171 Å². The van der Waals surface area contributed by atoms with Crippen molar-refractivity contribution >= 4 is 44.0 Å². The Balaban J connectivity index is 1.42. The molecule has 2 amide bonds. The number of rotatable bonds is 5. The molecule has 4 rings (SSSR count). The summed E-state index contributed by atoms with van der Waals surface area (Å²) in [4.78, 5) is 33.9. The van der Waals surface area contributed by atoms with Crippen LogP contribution in [0.15, 0.2) is 28.5 Å². The number of fused-ring (bicyclic) bond motifs is 1. The number of carbonyl (C=O) groups excluding carboxylic acids is 2. The predicted octanol–water partition coefficient (Wildman–Crippen LogP) is 0.122. The van der Waals surface area contributed by atoms with E-state index in [1.165, 1.54) is 28.4 Å². The first kappa shape index (κ1) is 19.8. The predicted molar refractivity (Wildman–Crippen MR) is 106 cm³/mol. The Bertz CT molecular complexity index is 1060. The minimum atomic E-state index is -4.00. The van der Waals surface area contributed by atoms with Crippen molar-refractivity contribution in [2.45, 2.75) is 11.3 Å². The van der Waals surface area contributed by atoms with Crippen LogP contribution in [0, 0.1) is 0 Å². The zero-order valence-electron chi connectivity index (χ0n) is 15.5. The van der Waals surface area contributed by atoms with Crippen molar-refractivity contribution in [3.05, 3.63) is 34.8 Å². The smallest absolute Gasteiger partial charge is 0.285 e. The maximum Gasteiger partial charge on any atom is 0.285 e. The van der Waals surface area contributed by atoms with Crippen LogP contribution in [0.1, 0.15) is 16.1 Å². The van der Waals surface area contributed by atoms with Crippen LogP contribution in [-0.2, 0) is 26.0 Å². The highest BCUT2D eigenvalue weighted by Gasteiger charge is 2.26. The number of aromatic nitrogens is 1. The van der Waals surface area contributed by atoms with Crippen molar-refractivity contribution < 1.29 is 22.7 Å². The Kier molecular flexibility index (Phi) is 5.25. The number of likely N-dealkylation sites (N-methyl/N-ethyl adjacent to an activating group) is 1. The lowest BCUT2D eigenvalue weighted by Gasteiger charge is -2.25. The molecule has 154 valence electrons. The highest BCUT2D eigenvalue weighted by atomic mass is 32.2. The summed E-state index contributed by atoms with van der Waals surface area (Å²) in [5.41, 5.74) is 3.61. The Morgan fingerprint density at radius 3 is 2.79 bits per heavy atom. The molecule has 0 radical (unpaired) electrons. The first-order valence-electron chi connectivity index (χ1n) is 8.85. The molecule has 0 unspecified atom stereocenters. The van der Waals surface area contributed by atoms with Crippen LogP contribution in [-0.4, -0.2) is 58.6 Å². The van der Waals surface area contributed by atoms with E-state index in [0.717, 1.165) is 0 Å². The molecule has 1 aromatic carbocycles. The summed E-state index contributed by atoms with van der Waals surface area (Å²) in [6.07, 6.45) is 0.144. The van der Waals surface area contributed by atoms with Crippen LogP contribution in [0.4, 0.5) is 10.8 Å². The molecule has 2 aromatic rings. The number of hydrogen-bond donors (Lipinski definition) is 2. The quantitative estimate of drug-likeness (QED) is 0.638. The molecule has 0 spiro atoms. The minimum Gasteiger partial charge on any atom is -0.378 e. The summed E-state index contributed by atoms with van der Waals surface area (Å²) in [5, 5.41) is 2.26. The van der Waals surface area contributed by atoms with Crippen LogP contribution in [0.5, 0.6) is 0 Å². The lowest BCUT2D eigenvalue weighted by molar-refractivity contribution is -0.117. The summed E-state index contributed by atoms with van der Waals surface area (Å²) in [6.45, 7) is 2.58. The molecule has 0 saturated carbocycles. The van der Waals surface area contributed by atoms with Gasteiger partial charge < -0.3 is 14.5 Å². The number of ether oxygens (including phenoxy) is 1. The number of morpholine rings is 1. The van der Waals surface area contributed by atoms with E-state index in [-0.39, 0.29) is 22.9 Å². The number of anilines is 2. The Morgan fingerprint density at radius 1 is 1.28 bits per heavy atom. The topological polar surface area (TPSA) is 121 Å². The van der Waals surface area contributed by atoms with E-state index in [0.29, 0.717) is 42.7 Å². The normalized spacial score (nSPS) is 16.8. The maximum absolute atomic E-state index is 12.5. The molecule has 0 atom stereocenters. The Hall–Kier alpha value is -2.54. The van der Waals surface area contributed by atoms with E-state index < -0.39 is 15.9 Å². The number of hydrogen-bond acceptors (Lipinski definition) is 8. The largest absolute Gasteiger partial charge is 0.378 e. The average Bonchev–Trinajstić information content (AvgIpc) is 3.32. The maximum atomic E-state index is 12.5. The standard InChI is InChI=1S/C17H19N5O5S2/c1-21-14-3-2-12(8-11(14)9-15(21)23)29(25,26)20-19-16(24)13-10-28-17(18-13)22-4-6-27-7-5-22/h2-3,8,10,20H,4-7,9H2,1H3,(H,19,24). The average molecular weight is 438 g/mol. The van der Waals surface area contributed by atoms with E-state index in [2.05, 4.69) is 15.2 Å². The van der Waals surface area contributed by atoms with E-state index in [1.807, 2.05) is 4.90 Å². The van der Waals surface area contributed by atoms with Crippen molar-refractivity contribution in [2.24, 2.45) is 0 Å². The first-order chi connectivity index (χ1) is 13.8. The van der Waals surface area contributed by atoms with Gasteiger partial charge in [-0.3, -0.25) is 15.0 Å². The minimum absolute atomic E-state index is 0.0352. The third-order valence-electron chi connectivity index (χ3n) is 4.74. The van der Waals surface area contributed by atoms with Crippen LogP contribution < -0.4 is 20.1 Å². The van der Waals surface area contributed by atoms with Gasteiger partial charge in [0, 0.05) is 31.2 Å². The molecule has 1 aromatic heterocycles. The molecule has 10 nitrogen and oxygen atoms in total. The molecule has 12 heteroatoms. The van der Waals surface area contributed by atoms with Crippen molar-refractivity contribution in [1.82, 2.24) is 15.2 Å². The van der Waals surface area contributed by atoms with Gasteiger partial charge in [0.1, 0.15) is 5.69 Å². The summed E-state index contributed by atoms with van der Waals surface area (Å²) < 4.78 is 30.3. The Morgan fingerprint density at radius 2 is 2.03 bits per heavy atom. The van der Waals surface area contributed by atoms with Gasteiger partial charge in [-0.1, -0.05) is 0 Å². The molecule has 3 heterocycles. The molecule has 2 aliphatic rings. The summed E-state index contributed by atoms with van der Waals surface area (Å²) in [7, 11) is -2.36. The summed E-state index contributed by atoms with van der Waals surface area (Å²) in [6, 6.07) is 4.40. The third-order valence-corrected chi connectivity index (χ3v) is 6.89. The highest BCUT2D eigenvalue weighted by Crippen LogP contribution is 2.29. The fraction of sp³-hybridized carbons (Fsp3) is 0.353. The summed E-state index contributed by atoms with van der Waals surface area (Å²) in [5.74, 6) is -0.754. The van der Waals surface area contributed by atoms with E-state index >= 15 is 0 Å².